The number of aromatic nitrogens is 1. The fraction of sp³-hybridized carbons (Fsp3) is 0.320. The van der Waals surface area contributed by atoms with Crippen LogP contribution in [0.2, 0.25) is 5.02 Å². The van der Waals surface area contributed by atoms with Crippen LogP contribution in [0.3, 0.4) is 0 Å². The zero-order chi connectivity index (χ0) is 29.9. The summed E-state index contributed by atoms with van der Waals surface area (Å²) in [4.78, 5) is 50.9. The van der Waals surface area contributed by atoms with E-state index in [0.717, 1.165) is 34.9 Å². The molecule has 2 aliphatic rings. The standard InChI is InChI=1S/C25H23ClF3N5O5S2/c26-16-4-3-15(25(27,28)29)8-17(16)40-12-18(35)32-19-22(37)34-20(24(38)39)14(11-41-23(19)34)10-33-7-1-2-13(9-33)21(36)31-6-5-30/h1-4,7-9,19,23H,5-6,10-12,30H2,(H2-,31,32,35,36,38,39)/t19-,23-/m1/s1. The summed E-state index contributed by atoms with van der Waals surface area (Å²) in [5, 5.41) is 16.6. The van der Waals surface area contributed by atoms with Crippen molar-refractivity contribution in [2.75, 3.05) is 24.6 Å². The molecule has 4 rings (SSSR count). The lowest BCUT2D eigenvalue weighted by atomic mass is 10.0. The van der Waals surface area contributed by atoms with Crippen LogP contribution in [0.5, 0.6) is 0 Å². The summed E-state index contributed by atoms with van der Waals surface area (Å²) in [6.45, 7) is 0.627. The fourth-order valence-electron chi connectivity index (χ4n) is 4.20. The predicted octanol–water partition coefficient (Wildman–Crippen LogP) is 0.531. The van der Waals surface area contributed by atoms with Crippen molar-refractivity contribution >= 4 is 58.8 Å². The van der Waals surface area contributed by atoms with Crippen LogP contribution in [0.15, 0.2) is 58.9 Å². The zero-order valence-electron chi connectivity index (χ0n) is 21.1. The van der Waals surface area contributed by atoms with E-state index in [9.17, 15) is 37.5 Å². The monoisotopic (exact) mass is 629 g/mol. The first-order valence-corrected chi connectivity index (χ1v) is 14.5. The molecule has 2 aromatic rings. The third-order valence-electron chi connectivity index (χ3n) is 6.10. The highest BCUT2D eigenvalue weighted by molar-refractivity contribution is 8.00. The second-order valence-corrected chi connectivity index (χ2v) is 11.5. The number of carboxylic acid groups (broad SMARTS) is 1. The molecule has 0 radical (unpaired) electrons. The van der Waals surface area contributed by atoms with E-state index in [4.69, 9.17) is 17.3 Å². The molecule has 3 heterocycles. The lowest BCUT2D eigenvalue weighted by Crippen LogP contribution is -2.71. The number of rotatable bonds is 10. The number of carbonyl (C=O) groups excluding carboxylic acids is 4. The van der Waals surface area contributed by atoms with Gasteiger partial charge in [0.25, 0.3) is 11.8 Å². The van der Waals surface area contributed by atoms with Crippen molar-refractivity contribution in [3.63, 3.8) is 0 Å². The van der Waals surface area contributed by atoms with Crippen molar-refractivity contribution in [2.45, 2.75) is 29.0 Å². The van der Waals surface area contributed by atoms with Crippen LogP contribution in [0.25, 0.3) is 0 Å². The Kier molecular flexibility index (Phi) is 9.51. The summed E-state index contributed by atoms with van der Waals surface area (Å²) in [7, 11) is 0. The first-order valence-electron chi connectivity index (χ1n) is 12.0. The van der Waals surface area contributed by atoms with Gasteiger partial charge in [0.1, 0.15) is 17.0 Å². The van der Waals surface area contributed by atoms with E-state index in [1.54, 1.807) is 22.9 Å². The Balaban J connectivity index is 1.42. The van der Waals surface area contributed by atoms with Gasteiger partial charge in [0, 0.05) is 35.4 Å². The lowest BCUT2D eigenvalue weighted by Gasteiger charge is -2.50. The number of hydrogen-bond donors (Lipinski definition) is 3. The van der Waals surface area contributed by atoms with Gasteiger partial charge >= 0.3 is 6.18 Å². The van der Waals surface area contributed by atoms with Crippen LogP contribution >= 0.6 is 35.1 Å². The Bertz CT molecular complexity index is 1420. The van der Waals surface area contributed by atoms with Gasteiger partial charge in [0.05, 0.1) is 28.0 Å². The van der Waals surface area contributed by atoms with Gasteiger partial charge < -0.3 is 26.3 Å². The number of carboxylic acids is 1. The number of benzene rings is 1. The summed E-state index contributed by atoms with van der Waals surface area (Å²) >= 11 is 7.99. The number of alkyl halides is 3. The molecule has 16 heteroatoms. The Morgan fingerprint density at radius 3 is 2.71 bits per heavy atom. The van der Waals surface area contributed by atoms with Crippen molar-refractivity contribution in [3.05, 3.63) is 70.1 Å². The van der Waals surface area contributed by atoms with E-state index in [0.29, 0.717) is 11.1 Å². The third kappa shape index (κ3) is 6.97. The molecule has 1 fully saturated rings. The number of amides is 3. The first kappa shape index (κ1) is 30.7. The second kappa shape index (κ2) is 12.7. The van der Waals surface area contributed by atoms with E-state index in [2.05, 4.69) is 10.6 Å². The SMILES string of the molecule is NCCNC(=O)c1ccc[n+](CC2=C(C(=O)[O-])N3C(=O)[C@@H](NC(=O)CSc4cc(C(F)(F)F)ccc4Cl)[C@H]3SC2)c1. The molecule has 218 valence electrons. The molecule has 4 N–H and O–H groups in total. The normalized spacial score (nSPS) is 18.5. The van der Waals surface area contributed by atoms with Gasteiger partial charge in [-0.1, -0.05) is 11.6 Å². The zero-order valence-corrected chi connectivity index (χ0v) is 23.5. The van der Waals surface area contributed by atoms with Gasteiger partial charge in [-0.15, -0.1) is 23.5 Å². The van der Waals surface area contributed by atoms with Gasteiger partial charge in [0.15, 0.2) is 18.9 Å². The lowest BCUT2D eigenvalue weighted by molar-refractivity contribution is -0.689. The Morgan fingerprint density at radius 2 is 2.02 bits per heavy atom. The molecule has 0 spiro atoms. The summed E-state index contributed by atoms with van der Waals surface area (Å²) in [6.07, 6.45) is -1.39. The first-order chi connectivity index (χ1) is 19.4. The minimum atomic E-state index is -4.58. The fourth-order valence-corrected chi connectivity index (χ4v) is 6.61. The number of pyridine rings is 1. The van der Waals surface area contributed by atoms with Crippen LogP contribution < -0.4 is 26.0 Å². The Labute approximate surface area is 245 Å². The number of nitrogens with one attached hydrogen (secondary N) is 2. The van der Waals surface area contributed by atoms with Crippen LogP contribution in [-0.4, -0.2) is 64.6 Å². The maximum absolute atomic E-state index is 13.0. The number of halogens is 4. The average Bonchev–Trinajstić information content (AvgIpc) is 2.93. The number of nitrogens with zero attached hydrogens (tertiary/aromatic N) is 2. The predicted molar refractivity (Wildman–Crippen MR) is 142 cm³/mol. The third-order valence-corrected chi connectivity index (χ3v) is 8.93. The number of fused-ring (bicyclic) bond motifs is 1. The topological polar surface area (TPSA) is 149 Å². The van der Waals surface area contributed by atoms with Gasteiger partial charge in [-0.05, 0) is 24.3 Å². The van der Waals surface area contributed by atoms with Crippen molar-refractivity contribution in [1.82, 2.24) is 15.5 Å². The van der Waals surface area contributed by atoms with E-state index < -0.39 is 40.9 Å². The molecule has 1 aromatic carbocycles. The molecular formula is C25H23ClF3N5O5S2. The molecule has 0 bridgehead atoms. The van der Waals surface area contributed by atoms with Crippen LogP contribution in [0.1, 0.15) is 15.9 Å². The van der Waals surface area contributed by atoms with Crippen LogP contribution in [-0.2, 0) is 27.1 Å². The number of hydrogen-bond acceptors (Lipinski definition) is 8. The quantitative estimate of drug-likeness (QED) is 0.196. The second-order valence-electron chi connectivity index (χ2n) is 8.94. The maximum Gasteiger partial charge on any atom is 0.416 e. The molecule has 2 aliphatic heterocycles. The molecule has 0 unspecified atom stereocenters. The minimum Gasteiger partial charge on any atom is -0.543 e. The molecule has 2 atom stereocenters. The minimum absolute atomic E-state index is 0.0420. The van der Waals surface area contributed by atoms with Gasteiger partial charge in [-0.25, -0.2) is 4.57 Å². The van der Waals surface area contributed by atoms with E-state index in [-0.39, 0.29) is 52.7 Å². The summed E-state index contributed by atoms with van der Waals surface area (Å²) < 4.78 is 40.6. The molecular weight excluding hydrogens is 607 g/mol. The number of nitrogens with two attached hydrogens (primary N) is 1. The van der Waals surface area contributed by atoms with Crippen molar-refractivity contribution in [3.8, 4) is 0 Å². The Hall–Kier alpha value is -3.27. The number of aliphatic carboxylic acids is 1. The largest absolute Gasteiger partial charge is 0.543 e. The van der Waals surface area contributed by atoms with Gasteiger partial charge in [0.2, 0.25) is 5.91 Å². The van der Waals surface area contributed by atoms with Gasteiger partial charge in [-0.3, -0.25) is 19.3 Å². The van der Waals surface area contributed by atoms with Crippen molar-refractivity contribution in [1.29, 1.82) is 0 Å². The Morgan fingerprint density at radius 1 is 1.27 bits per heavy atom. The van der Waals surface area contributed by atoms with E-state index in [1.807, 2.05) is 0 Å². The van der Waals surface area contributed by atoms with Gasteiger partial charge in [-0.2, -0.15) is 13.2 Å². The number of thioether (sulfide) groups is 2. The molecule has 1 aromatic heterocycles. The highest BCUT2D eigenvalue weighted by Gasteiger charge is 2.53. The average molecular weight is 630 g/mol. The molecule has 1 saturated heterocycles. The molecule has 0 saturated carbocycles. The summed E-state index contributed by atoms with van der Waals surface area (Å²) in [6, 6.07) is 4.96. The summed E-state index contributed by atoms with van der Waals surface area (Å²) in [5.41, 5.74) is 4.91. The number of β-lactam (4-membered cyclic amide) rings is 1. The smallest absolute Gasteiger partial charge is 0.416 e. The highest BCUT2D eigenvalue weighted by atomic mass is 35.5. The summed E-state index contributed by atoms with van der Waals surface area (Å²) in [5.74, 6) is -3.31. The molecule has 41 heavy (non-hydrogen) atoms. The van der Waals surface area contributed by atoms with E-state index >= 15 is 0 Å². The highest BCUT2D eigenvalue weighted by Crippen LogP contribution is 2.40. The van der Waals surface area contributed by atoms with Crippen LogP contribution in [0, 0.1) is 0 Å². The maximum atomic E-state index is 13.0. The molecule has 0 aliphatic carbocycles. The number of carbonyl (C=O) groups is 4. The van der Waals surface area contributed by atoms with E-state index in [1.165, 1.54) is 18.0 Å². The van der Waals surface area contributed by atoms with Crippen molar-refractivity contribution in [2.24, 2.45) is 5.73 Å². The van der Waals surface area contributed by atoms with Crippen LogP contribution in [0.4, 0.5) is 13.2 Å². The van der Waals surface area contributed by atoms with Crippen molar-refractivity contribution < 1.29 is 42.0 Å². The molecule has 3 amide bonds. The molecule has 10 nitrogen and oxygen atoms in total.